The van der Waals surface area contributed by atoms with Crippen molar-refractivity contribution in [2.24, 2.45) is 0 Å². The number of Topliss-reactive ketones (excluding diaryl/α,β-unsaturated/α-hetero) is 1. The maximum Gasteiger partial charge on any atom is 0.410 e. The molecule has 0 saturated heterocycles. The van der Waals surface area contributed by atoms with Gasteiger partial charge >= 0.3 is 6.09 Å². The number of rotatable bonds is 3. The minimum atomic E-state index is -0.369. The van der Waals surface area contributed by atoms with Gasteiger partial charge in [0.1, 0.15) is 11.9 Å². The molecule has 17 heavy (non-hydrogen) atoms. The molecular formula is C13H15NO3. The van der Waals surface area contributed by atoms with Crippen molar-refractivity contribution in [2.75, 3.05) is 7.05 Å². The molecule has 1 aliphatic carbocycles. The smallest absolute Gasteiger partial charge is 0.410 e. The highest BCUT2D eigenvalue weighted by molar-refractivity contribution is 5.86. The molecule has 1 fully saturated rings. The molecule has 0 bridgehead atoms. The van der Waals surface area contributed by atoms with Crippen molar-refractivity contribution >= 4 is 11.9 Å². The third-order valence-electron chi connectivity index (χ3n) is 2.75. The number of nitrogens with zero attached hydrogens (tertiary/aromatic N) is 1. The maximum absolute atomic E-state index is 11.6. The summed E-state index contributed by atoms with van der Waals surface area (Å²) in [6.45, 7) is 0.514. The van der Waals surface area contributed by atoms with Crippen LogP contribution in [0.3, 0.4) is 0 Å². The monoisotopic (exact) mass is 233 g/mol. The third-order valence-corrected chi connectivity index (χ3v) is 2.75. The molecule has 0 aliphatic heterocycles. The number of ether oxygens (including phenoxy) is 1. The lowest BCUT2D eigenvalue weighted by Gasteiger charge is -2.26. The number of carbonyl (C=O) groups is 2. The molecule has 0 spiro atoms. The Morgan fingerprint density at radius 3 is 2.59 bits per heavy atom. The highest BCUT2D eigenvalue weighted by Gasteiger charge is 2.30. The predicted octanol–water partition coefficient (Wildman–Crippen LogP) is 1.99. The number of hydrogen-bond acceptors (Lipinski definition) is 3. The lowest BCUT2D eigenvalue weighted by Crippen LogP contribution is -2.37. The fourth-order valence-corrected chi connectivity index (χ4v) is 1.69. The highest BCUT2D eigenvalue weighted by atomic mass is 16.6. The van der Waals surface area contributed by atoms with Crippen molar-refractivity contribution in [1.29, 1.82) is 0 Å². The Labute approximate surface area is 100 Å². The van der Waals surface area contributed by atoms with Crippen LogP contribution in [0, 0.1) is 0 Å². The van der Waals surface area contributed by atoms with E-state index in [4.69, 9.17) is 4.74 Å². The Morgan fingerprint density at radius 1 is 1.35 bits per heavy atom. The van der Waals surface area contributed by atoms with Gasteiger partial charge < -0.3 is 9.64 Å². The largest absolute Gasteiger partial charge is 0.445 e. The molecule has 0 unspecified atom stereocenters. The normalized spacial score (nSPS) is 15.2. The van der Waals surface area contributed by atoms with Crippen LogP contribution < -0.4 is 0 Å². The predicted molar refractivity (Wildman–Crippen MR) is 62.4 cm³/mol. The molecule has 4 nitrogen and oxygen atoms in total. The zero-order valence-electron chi connectivity index (χ0n) is 9.76. The summed E-state index contributed by atoms with van der Waals surface area (Å²) < 4.78 is 5.16. The number of benzene rings is 1. The summed E-state index contributed by atoms with van der Waals surface area (Å²) in [6, 6.07) is 9.70. The van der Waals surface area contributed by atoms with E-state index in [-0.39, 0.29) is 18.0 Å². The van der Waals surface area contributed by atoms with Crippen molar-refractivity contribution in [3.63, 3.8) is 0 Å². The molecule has 90 valence electrons. The van der Waals surface area contributed by atoms with Crippen LogP contribution in [-0.4, -0.2) is 29.9 Å². The number of amides is 1. The number of ketones is 1. The molecule has 0 aromatic heterocycles. The molecule has 1 amide bonds. The van der Waals surface area contributed by atoms with Crippen molar-refractivity contribution < 1.29 is 14.3 Å². The van der Waals surface area contributed by atoms with Gasteiger partial charge in [-0.2, -0.15) is 0 Å². The first-order chi connectivity index (χ1) is 8.15. The summed E-state index contributed by atoms with van der Waals surface area (Å²) in [4.78, 5) is 23.9. The molecule has 0 atom stereocenters. The molecule has 0 heterocycles. The van der Waals surface area contributed by atoms with Crippen molar-refractivity contribution in [3.8, 4) is 0 Å². The average Bonchev–Trinajstić information content (AvgIpc) is 2.28. The van der Waals surface area contributed by atoms with Crippen LogP contribution in [0.4, 0.5) is 4.79 Å². The van der Waals surface area contributed by atoms with Crippen molar-refractivity contribution in [3.05, 3.63) is 35.9 Å². The van der Waals surface area contributed by atoms with E-state index in [2.05, 4.69) is 0 Å². The van der Waals surface area contributed by atoms with Gasteiger partial charge in [-0.1, -0.05) is 30.3 Å². The van der Waals surface area contributed by atoms with Crippen molar-refractivity contribution in [2.45, 2.75) is 25.5 Å². The molecule has 4 heteroatoms. The molecule has 0 N–H and O–H groups in total. The summed E-state index contributed by atoms with van der Waals surface area (Å²) in [5.74, 6) is 0.161. The second-order valence-corrected chi connectivity index (χ2v) is 4.29. The Bertz CT molecular complexity index is 408. The van der Waals surface area contributed by atoms with Crippen LogP contribution in [0.5, 0.6) is 0 Å². The van der Waals surface area contributed by atoms with Gasteiger partial charge in [0, 0.05) is 26.4 Å². The van der Waals surface area contributed by atoms with Gasteiger partial charge in [-0.05, 0) is 5.56 Å². The van der Waals surface area contributed by atoms with Gasteiger partial charge in [-0.25, -0.2) is 4.79 Å². The van der Waals surface area contributed by atoms with E-state index in [9.17, 15) is 9.59 Å². The second kappa shape index (κ2) is 4.99. The Balaban J connectivity index is 1.81. The van der Waals surface area contributed by atoms with E-state index in [0.717, 1.165) is 5.56 Å². The molecule has 1 aliphatic rings. The van der Waals surface area contributed by atoms with Crippen LogP contribution in [0.1, 0.15) is 18.4 Å². The molecule has 0 radical (unpaired) electrons. The van der Waals surface area contributed by atoms with Crippen LogP contribution in [0.2, 0.25) is 0 Å². The fraction of sp³-hybridized carbons (Fsp3) is 0.385. The highest BCUT2D eigenvalue weighted by Crippen LogP contribution is 2.19. The molecule has 2 rings (SSSR count). The van der Waals surface area contributed by atoms with E-state index >= 15 is 0 Å². The molecule has 1 aromatic carbocycles. The Morgan fingerprint density at radius 2 is 2.00 bits per heavy atom. The fourth-order valence-electron chi connectivity index (χ4n) is 1.69. The summed E-state index contributed by atoms with van der Waals surface area (Å²) >= 11 is 0. The molecule has 1 aromatic rings. The third kappa shape index (κ3) is 3.06. The molecule has 1 saturated carbocycles. The van der Waals surface area contributed by atoms with E-state index in [1.165, 1.54) is 4.90 Å². The summed E-state index contributed by atoms with van der Waals surface area (Å²) in [7, 11) is 1.69. The minimum Gasteiger partial charge on any atom is -0.445 e. The first-order valence-electron chi connectivity index (χ1n) is 5.62. The standard InChI is InChI=1S/C13H15NO3/c1-14(9-10-5-3-2-4-6-10)13(16)17-12-7-11(15)8-12/h2-6,12H,7-9H2,1H3. The average molecular weight is 233 g/mol. The molecular weight excluding hydrogens is 218 g/mol. The quantitative estimate of drug-likeness (QED) is 0.802. The lowest BCUT2D eigenvalue weighted by atomic mass is 9.94. The van der Waals surface area contributed by atoms with E-state index in [1.54, 1.807) is 7.05 Å². The maximum atomic E-state index is 11.6. The topological polar surface area (TPSA) is 46.6 Å². The van der Waals surface area contributed by atoms with Crippen LogP contribution in [0.25, 0.3) is 0 Å². The van der Waals surface area contributed by atoms with Gasteiger partial charge in [-0.3, -0.25) is 4.79 Å². The number of hydrogen-bond donors (Lipinski definition) is 0. The van der Waals surface area contributed by atoms with Crippen LogP contribution >= 0.6 is 0 Å². The lowest BCUT2D eigenvalue weighted by molar-refractivity contribution is -0.131. The minimum absolute atomic E-state index is 0.161. The zero-order chi connectivity index (χ0) is 12.3. The summed E-state index contributed by atoms with van der Waals surface area (Å²) in [5.41, 5.74) is 1.05. The van der Waals surface area contributed by atoms with E-state index in [1.807, 2.05) is 30.3 Å². The summed E-state index contributed by atoms with van der Waals surface area (Å²) in [5, 5.41) is 0. The van der Waals surface area contributed by atoms with Gasteiger partial charge in [0.05, 0.1) is 0 Å². The van der Waals surface area contributed by atoms with Crippen LogP contribution in [-0.2, 0) is 16.1 Å². The van der Waals surface area contributed by atoms with E-state index < -0.39 is 0 Å². The zero-order valence-corrected chi connectivity index (χ0v) is 9.76. The number of carbonyl (C=O) groups excluding carboxylic acids is 2. The van der Waals surface area contributed by atoms with E-state index in [0.29, 0.717) is 19.4 Å². The SMILES string of the molecule is CN(Cc1ccccc1)C(=O)OC1CC(=O)C1. The Hall–Kier alpha value is -1.84. The van der Waals surface area contributed by atoms with Gasteiger partial charge in [0.2, 0.25) is 0 Å². The second-order valence-electron chi connectivity index (χ2n) is 4.29. The van der Waals surface area contributed by atoms with Gasteiger partial charge in [0.15, 0.2) is 0 Å². The first-order valence-corrected chi connectivity index (χ1v) is 5.62. The first kappa shape index (κ1) is 11.6. The van der Waals surface area contributed by atoms with Gasteiger partial charge in [-0.15, -0.1) is 0 Å². The Kier molecular flexibility index (Phi) is 3.42. The van der Waals surface area contributed by atoms with Gasteiger partial charge in [0.25, 0.3) is 0 Å². The van der Waals surface area contributed by atoms with Crippen molar-refractivity contribution in [1.82, 2.24) is 4.90 Å². The van der Waals surface area contributed by atoms with Crippen LogP contribution in [0.15, 0.2) is 30.3 Å². The summed E-state index contributed by atoms with van der Waals surface area (Å²) in [6.07, 6.45) is 0.148.